The summed E-state index contributed by atoms with van der Waals surface area (Å²) in [4.78, 5) is 0. The summed E-state index contributed by atoms with van der Waals surface area (Å²) >= 11 is 17.6. The monoisotopic (exact) mass is 565 g/mol. The molecular weight excluding hydrogens is 537 g/mol. The van der Waals surface area contributed by atoms with Crippen molar-refractivity contribution >= 4 is 34.8 Å². The highest BCUT2D eigenvalue weighted by atomic mass is 35.6. The van der Waals surface area contributed by atoms with Crippen molar-refractivity contribution in [3.8, 4) is 0 Å². The van der Waals surface area contributed by atoms with Crippen molar-refractivity contribution in [3.05, 3.63) is 108 Å². The lowest BCUT2D eigenvalue weighted by Gasteiger charge is -2.52. The fourth-order valence-electron chi connectivity index (χ4n) is 4.97. The lowest BCUT2D eigenvalue weighted by Crippen LogP contribution is -2.76. The highest BCUT2D eigenvalue weighted by molar-refractivity contribution is 6.67. The summed E-state index contributed by atoms with van der Waals surface area (Å²) in [6.45, 7) is -0.833. The molecule has 1 aliphatic carbocycles. The Morgan fingerprint density at radius 2 is 1.22 bits per heavy atom. The van der Waals surface area contributed by atoms with Crippen LogP contribution in [0.2, 0.25) is 0 Å². The van der Waals surface area contributed by atoms with Crippen molar-refractivity contribution in [1.29, 1.82) is 0 Å². The first-order chi connectivity index (χ1) is 17.5. The van der Waals surface area contributed by atoms with Crippen LogP contribution in [0.3, 0.4) is 0 Å². The van der Waals surface area contributed by atoms with Crippen molar-refractivity contribution in [2.45, 2.75) is 45.8 Å². The van der Waals surface area contributed by atoms with Crippen LogP contribution in [0, 0.1) is 0 Å². The van der Waals surface area contributed by atoms with E-state index in [1.165, 1.54) is 0 Å². The van der Waals surface area contributed by atoms with Gasteiger partial charge in [-0.15, -0.1) is 0 Å². The molecule has 6 nitrogen and oxygen atoms in total. The first kappa shape index (κ1) is 28.3. The van der Waals surface area contributed by atoms with Crippen LogP contribution in [0.15, 0.2) is 91.0 Å². The summed E-state index contributed by atoms with van der Waals surface area (Å²) in [5.41, 5.74) is -3.30. The Labute approximate surface area is 231 Å². The molecule has 0 heterocycles. The van der Waals surface area contributed by atoms with Crippen LogP contribution in [0.4, 0.5) is 0 Å². The number of aliphatic hydroxyl groups is 4. The first-order valence-electron chi connectivity index (χ1n) is 11.9. The Balaban J connectivity index is 1.81. The maximum Gasteiger partial charge on any atom is 0.202 e. The number of rotatable bonds is 8. The third-order valence-electron chi connectivity index (χ3n) is 6.98. The van der Waals surface area contributed by atoms with E-state index in [1.54, 1.807) is 0 Å². The highest BCUT2D eigenvalue weighted by Crippen LogP contribution is 2.44. The predicted octanol–water partition coefficient (Wildman–Crippen LogP) is 3.89. The number of benzene rings is 3. The molecule has 3 aromatic carbocycles. The number of aliphatic hydroxyl groups excluding tert-OH is 2. The van der Waals surface area contributed by atoms with Gasteiger partial charge in [0.15, 0.2) is 5.72 Å². The Bertz CT molecular complexity index is 1050. The maximum atomic E-state index is 11.8. The number of halogens is 3. The summed E-state index contributed by atoms with van der Waals surface area (Å²) in [6, 6.07) is 28.6. The summed E-state index contributed by atoms with van der Waals surface area (Å²) in [5, 5.41) is 47.1. The zero-order valence-corrected chi connectivity index (χ0v) is 22.2. The van der Waals surface area contributed by atoms with Gasteiger partial charge in [-0.05, 0) is 29.5 Å². The average Bonchev–Trinajstić information content (AvgIpc) is 2.91. The molecule has 37 heavy (non-hydrogen) atoms. The van der Waals surface area contributed by atoms with Crippen molar-refractivity contribution < 1.29 is 25.2 Å². The summed E-state index contributed by atoms with van der Waals surface area (Å²) < 4.78 is 4.87. The molecule has 0 aliphatic heterocycles. The summed E-state index contributed by atoms with van der Waals surface area (Å²) in [7, 11) is 0. The van der Waals surface area contributed by atoms with Crippen LogP contribution >= 0.6 is 34.8 Å². The van der Waals surface area contributed by atoms with Gasteiger partial charge in [0.25, 0.3) is 0 Å². The number of nitrogens with one attached hydrogen (secondary N) is 1. The quantitative estimate of drug-likeness (QED) is 0.161. The van der Waals surface area contributed by atoms with Crippen LogP contribution in [0.1, 0.15) is 29.5 Å². The molecule has 5 N–H and O–H groups in total. The van der Waals surface area contributed by atoms with Gasteiger partial charge in [-0.25, -0.2) is 0 Å². The van der Waals surface area contributed by atoms with Crippen LogP contribution in [0.25, 0.3) is 0 Å². The Morgan fingerprint density at radius 1 is 0.784 bits per heavy atom. The minimum Gasteiger partial charge on any atom is -0.390 e. The number of hydrogen-bond acceptors (Lipinski definition) is 6. The Morgan fingerprint density at radius 3 is 1.62 bits per heavy atom. The molecule has 4 atom stereocenters. The van der Waals surface area contributed by atoms with E-state index in [9.17, 15) is 20.4 Å². The molecule has 0 saturated heterocycles. The Kier molecular flexibility index (Phi) is 8.56. The number of hydrogen-bond donors (Lipinski definition) is 5. The average molecular weight is 567 g/mol. The largest absolute Gasteiger partial charge is 0.390 e. The molecule has 1 aliphatic rings. The second-order valence-corrected chi connectivity index (χ2v) is 11.9. The van der Waals surface area contributed by atoms with Gasteiger partial charge in [0.2, 0.25) is 3.79 Å². The molecule has 9 heteroatoms. The molecule has 0 radical (unpaired) electrons. The van der Waals surface area contributed by atoms with E-state index < -0.39 is 46.1 Å². The third-order valence-corrected chi connectivity index (χ3v) is 7.38. The van der Waals surface area contributed by atoms with Gasteiger partial charge in [0.1, 0.15) is 17.3 Å². The molecule has 1 fully saturated rings. The molecule has 0 bridgehead atoms. The van der Waals surface area contributed by atoms with Crippen molar-refractivity contribution in [3.63, 3.8) is 0 Å². The standard InChI is InChI=1S/C28H30Cl3NO5/c29-26(30,31)18-32-28(36)24(34)23(33)16-17-25(28,35)19-37-27(20-10-4-1-5-11-20,21-12-6-2-7-13-21)22-14-8-3-9-15-22/h1-15,23-24,32-36H,16-19H2. The second kappa shape index (κ2) is 11.2. The molecule has 1 saturated carbocycles. The summed E-state index contributed by atoms with van der Waals surface area (Å²) in [5.74, 6) is 0. The van der Waals surface area contributed by atoms with Crippen LogP contribution in [-0.2, 0) is 10.3 Å². The molecular formula is C28H30Cl3NO5. The van der Waals surface area contributed by atoms with E-state index in [1.807, 2.05) is 91.0 Å². The van der Waals surface area contributed by atoms with Gasteiger partial charge in [-0.2, -0.15) is 0 Å². The summed E-state index contributed by atoms with van der Waals surface area (Å²) in [6.07, 6.45) is -3.16. The highest BCUT2D eigenvalue weighted by Gasteiger charge is 2.60. The second-order valence-electron chi connectivity index (χ2n) is 9.39. The normalized spacial score (nSPS) is 26.7. The molecule has 198 valence electrons. The fraction of sp³-hybridized carbons (Fsp3) is 0.357. The SMILES string of the molecule is OC1CCC(O)(COC(c2ccccc2)(c2ccccc2)c2ccccc2)C(O)(NCC(Cl)(Cl)Cl)C1O. The van der Waals surface area contributed by atoms with Crippen molar-refractivity contribution in [2.75, 3.05) is 13.2 Å². The molecule has 4 unspecified atom stereocenters. The van der Waals surface area contributed by atoms with E-state index >= 15 is 0 Å². The van der Waals surface area contributed by atoms with Crippen LogP contribution < -0.4 is 5.32 Å². The van der Waals surface area contributed by atoms with Crippen molar-refractivity contribution in [1.82, 2.24) is 5.32 Å². The fourth-order valence-corrected chi connectivity index (χ4v) is 5.17. The maximum absolute atomic E-state index is 11.8. The molecule has 0 aromatic heterocycles. The first-order valence-corrected chi connectivity index (χ1v) is 13.1. The van der Waals surface area contributed by atoms with Gasteiger partial charge in [0, 0.05) is 6.54 Å². The van der Waals surface area contributed by atoms with Gasteiger partial charge in [-0.1, -0.05) is 126 Å². The number of alkyl halides is 3. The van der Waals surface area contributed by atoms with E-state index in [0.29, 0.717) is 0 Å². The molecule has 0 amide bonds. The molecule has 4 rings (SSSR count). The Hall–Kier alpha value is -1.71. The predicted molar refractivity (Wildman–Crippen MR) is 145 cm³/mol. The zero-order chi connectivity index (χ0) is 26.7. The zero-order valence-electron chi connectivity index (χ0n) is 20.0. The lowest BCUT2D eigenvalue weighted by atomic mass is 9.73. The molecule has 0 spiro atoms. The third kappa shape index (κ3) is 5.69. The topological polar surface area (TPSA) is 102 Å². The van der Waals surface area contributed by atoms with Crippen molar-refractivity contribution in [2.24, 2.45) is 0 Å². The number of ether oxygens (including phenoxy) is 1. The van der Waals surface area contributed by atoms with E-state index in [2.05, 4.69) is 5.32 Å². The van der Waals surface area contributed by atoms with E-state index in [-0.39, 0.29) is 12.8 Å². The van der Waals surface area contributed by atoms with E-state index in [4.69, 9.17) is 39.5 Å². The van der Waals surface area contributed by atoms with Crippen LogP contribution in [-0.4, -0.2) is 60.9 Å². The van der Waals surface area contributed by atoms with E-state index in [0.717, 1.165) is 16.7 Å². The minimum atomic E-state index is -2.44. The molecule has 3 aromatic rings. The lowest BCUT2D eigenvalue weighted by molar-refractivity contribution is -0.282. The van der Waals surface area contributed by atoms with Gasteiger partial charge >= 0.3 is 0 Å². The van der Waals surface area contributed by atoms with Gasteiger partial charge in [0.05, 0.1) is 12.7 Å². The van der Waals surface area contributed by atoms with Gasteiger partial charge < -0.3 is 25.2 Å². The van der Waals surface area contributed by atoms with Crippen LogP contribution in [0.5, 0.6) is 0 Å². The smallest absolute Gasteiger partial charge is 0.202 e. The minimum absolute atomic E-state index is 0.0216. The van der Waals surface area contributed by atoms with Gasteiger partial charge in [-0.3, -0.25) is 5.32 Å².